The van der Waals surface area contributed by atoms with Gasteiger partial charge in [0, 0.05) is 19.0 Å². The monoisotopic (exact) mass is 334 g/mol. The van der Waals surface area contributed by atoms with Gasteiger partial charge in [0.1, 0.15) is 5.75 Å². The molecule has 0 aliphatic heterocycles. The zero-order valence-corrected chi connectivity index (χ0v) is 14.0. The number of carbonyl (C=O) groups excluding carboxylic acids is 1. The van der Waals surface area contributed by atoms with E-state index in [9.17, 15) is 4.79 Å². The minimum Gasteiger partial charge on any atom is -0.496 e. The first-order chi connectivity index (χ1) is 10.7. The summed E-state index contributed by atoms with van der Waals surface area (Å²) in [6.45, 7) is 0.439. The molecule has 0 fully saturated rings. The Hall–Kier alpha value is -2.04. The molecule has 0 radical (unpaired) electrons. The number of hydrogen-bond donors (Lipinski definition) is 2. The molecule has 0 aliphatic rings. The van der Waals surface area contributed by atoms with E-state index < -0.39 is 0 Å². The van der Waals surface area contributed by atoms with Crippen molar-refractivity contribution < 1.29 is 9.53 Å². The third kappa shape index (κ3) is 5.93. The quantitative estimate of drug-likeness (QED) is 0.818. The summed E-state index contributed by atoms with van der Waals surface area (Å²) in [4.78, 5) is 11.9. The van der Waals surface area contributed by atoms with Crippen LogP contribution in [-0.2, 0) is 11.2 Å². The molecule has 0 aliphatic carbocycles. The van der Waals surface area contributed by atoms with Crippen LogP contribution in [0.25, 0.3) is 0 Å². The van der Waals surface area contributed by atoms with Crippen LogP contribution in [0.1, 0.15) is 23.6 Å². The predicted molar refractivity (Wildman–Crippen MR) is 94.9 cm³/mol. The molecule has 0 aromatic heterocycles. The Balaban J connectivity index is 0.00000264. The number of ether oxygens (including phenoxy) is 1. The molecule has 2 aromatic carbocycles. The van der Waals surface area contributed by atoms with Crippen molar-refractivity contribution >= 4 is 18.3 Å². The lowest BCUT2D eigenvalue weighted by Crippen LogP contribution is -2.32. The van der Waals surface area contributed by atoms with E-state index in [1.807, 2.05) is 54.6 Å². The molecular weight excluding hydrogens is 312 g/mol. The zero-order chi connectivity index (χ0) is 15.8. The molecule has 2 aromatic rings. The Labute approximate surface area is 143 Å². The van der Waals surface area contributed by atoms with Gasteiger partial charge in [-0.05, 0) is 23.6 Å². The number of nitrogens with one attached hydrogen (secondary N) is 1. The number of nitrogens with two attached hydrogens (primary N) is 1. The van der Waals surface area contributed by atoms with Crippen LogP contribution in [0.3, 0.4) is 0 Å². The van der Waals surface area contributed by atoms with Gasteiger partial charge in [-0.15, -0.1) is 12.4 Å². The Morgan fingerprint density at radius 2 is 1.78 bits per heavy atom. The van der Waals surface area contributed by atoms with Crippen molar-refractivity contribution in [2.75, 3.05) is 13.7 Å². The predicted octanol–water partition coefficient (Wildman–Crippen LogP) is 2.87. The molecule has 1 amide bonds. The third-order valence-corrected chi connectivity index (χ3v) is 3.56. The van der Waals surface area contributed by atoms with E-state index in [0.717, 1.165) is 16.9 Å². The van der Waals surface area contributed by atoms with E-state index in [0.29, 0.717) is 19.4 Å². The average molecular weight is 335 g/mol. The van der Waals surface area contributed by atoms with E-state index in [1.54, 1.807) is 7.11 Å². The van der Waals surface area contributed by atoms with E-state index >= 15 is 0 Å². The maximum Gasteiger partial charge on any atom is 0.220 e. The molecule has 23 heavy (non-hydrogen) atoms. The summed E-state index contributed by atoms with van der Waals surface area (Å²) in [5.74, 6) is 0.813. The highest BCUT2D eigenvalue weighted by Crippen LogP contribution is 2.18. The van der Waals surface area contributed by atoms with Crippen molar-refractivity contribution in [1.82, 2.24) is 5.32 Å². The number of rotatable bonds is 7. The van der Waals surface area contributed by atoms with Crippen LogP contribution in [-0.4, -0.2) is 19.6 Å². The van der Waals surface area contributed by atoms with Gasteiger partial charge in [-0.1, -0.05) is 48.5 Å². The summed E-state index contributed by atoms with van der Waals surface area (Å²) in [6.07, 6.45) is 1.07. The second kappa shape index (κ2) is 9.87. The van der Waals surface area contributed by atoms with E-state index in [4.69, 9.17) is 10.5 Å². The number of benzene rings is 2. The van der Waals surface area contributed by atoms with Gasteiger partial charge in [-0.2, -0.15) is 0 Å². The highest BCUT2D eigenvalue weighted by molar-refractivity contribution is 5.85. The molecule has 5 heteroatoms. The minimum atomic E-state index is -0.184. The van der Waals surface area contributed by atoms with Crippen molar-refractivity contribution in [2.45, 2.75) is 18.9 Å². The molecule has 1 unspecified atom stereocenters. The summed E-state index contributed by atoms with van der Waals surface area (Å²) in [7, 11) is 1.64. The first-order valence-corrected chi connectivity index (χ1v) is 7.40. The summed E-state index contributed by atoms with van der Waals surface area (Å²) >= 11 is 0. The fourth-order valence-corrected chi connectivity index (χ4v) is 2.29. The number of hydrogen-bond acceptors (Lipinski definition) is 3. The van der Waals surface area contributed by atoms with Crippen LogP contribution >= 0.6 is 12.4 Å². The molecule has 124 valence electrons. The van der Waals surface area contributed by atoms with E-state index in [2.05, 4.69) is 5.32 Å². The van der Waals surface area contributed by atoms with Crippen LogP contribution in [0.2, 0.25) is 0 Å². The van der Waals surface area contributed by atoms with Gasteiger partial charge < -0.3 is 15.8 Å². The second-order valence-electron chi connectivity index (χ2n) is 5.13. The summed E-state index contributed by atoms with van der Waals surface area (Å²) in [5.41, 5.74) is 8.12. The smallest absolute Gasteiger partial charge is 0.220 e. The van der Waals surface area contributed by atoms with Gasteiger partial charge in [0.2, 0.25) is 5.91 Å². The molecule has 1 atom stereocenters. The van der Waals surface area contributed by atoms with Gasteiger partial charge in [-0.25, -0.2) is 0 Å². The number of para-hydroxylation sites is 1. The van der Waals surface area contributed by atoms with E-state index in [1.165, 1.54) is 0 Å². The summed E-state index contributed by atoms with van der Waals surface area (Å²) in [6, 6.07) is 17.3. The van der Waals surface area contributed by atoms with Gasteiger partial charge in [-0.3, -0.25) is 4.79 Å². The Bertz CT molecular complexity index is 605. The van der Waals surface area contributed by atoms with Gasteiger partial charge >= 0.3 is 0 Å². The first kappa shape index (κ1) is 19.0. The molecule has 4 nitrogen and oxygen atoms in total. The van der Waals surface area contributed by atoms with Gasteiger partial charge in [0.05, 0.1) is 7.11 Å². The highest BCUT2D eigenvalue weighted by atomic mass is 35.5. The van der Waals surface area contributed by atoms with Crippen molar-refractivity contribution in [3.05, 3.63) is 65.7 Å². The van der Waals surface area contributed by atoms with Crippen molar-refractivity contribution in [1.29, 1.82) is 0 Å². The Kier molecular flexibility index (Phi) is 8.16. The second-order valence-corrected chi connectivity index (χ2v) is 5.13. The molecular formula is C18H23ClN2O2. The minimum absolute atomic E-state index is 0. The van der Waals surface area contributed by atoms with Crippen LogP contribution < -0.4 is 15.8 Å². The fourth-order valence-electron chi connectivity index (χ4n) is 2.29. The van der Waals surface area contributed by atoms with Crippen LogP contribution in [0.4, 0.5) is 0 Å². The highest BCUT2D eigenvalue weighted by Gasteiger charge is 2.09. The van der Waals surface area contributed by atoms with E-state index in [-0.39, 0.29) is 24.4 Å². The number of carbonyl (C=O) groups is 1. The van der Waals surface area contributed by atoms with Gasteiger partial charge in [0.15, 0.2) is 0 Å². The average Bonchev–Trinajstić information content (AvgIpc) is 2.58. The largest absolute Gasteiger partial charge is 0.496 e. The molecule has 0 saturated carbocycles. The van der Waals surface area contributed by atoms with Crippen LogP contribution in [0.15, 0.2) is 54.6 Å². The topological polar surface area (TPSA) is 64.3 Å². The fraction of sp³-hybridized carbons (Fsp3) is 0.278. The van der Waals surface area contributed by atoms with Crippen LogP contribution in [0.5, 0.6) is 5.75 Å². The number of methoxy groups -OCH3 is 1. The normalized spacial score (nSPS) is 11.2. The molecule has 0 saturated heterocycles. The van der Waals surface area contributed by atoms with Crippen molar-refractivity contribution in [3.8, 4) is 5.75 Å². The first-order valence-electron chi connectivity index (χ1n) is 7.40. The van der Waals surface area contributed by atoms with Gasteiger partial charge in [0.25, 0.3) is 0 Å². The number of halogens is 1. The molecule has 0 spiro atoms. The molecule has 0 bridgehead atoms. The Morgan fingerprint density at radius 1 is 1.13 bits per heavy atom. The summed E-state index contributed by atoms with van der Waals surface area (Å²) < 4.78 is 5.28. The SMILES string of the molecule is COc1ccccc1CCC(=O)NCC(N)c1ccccc1.Cl. The van der Waals surface area contributed by atoms with Crippen molar-refractivity contribution in [3.63, 3.8) is 0 Å². The zero-order valence-electron chi connectivity index (χ0n) is 13.2. The maximum atomic E-state index is 11.9. The maximum absolute atomic E-state index is 11.9. The molecule has 3 N–H and O–H groups in total. The standard InChI is InChI=1S/C18H22N2O2.ClH/c1-22-17-10-6-5-9-15(17)11-12-18(21)20-13-16(19)14-7-3-2-4-8-14;/h2-10,16H,11-13,19H2,1H3,(H,20,21);1H. The number of amides is 1. The lowest BCUT2D eigenvalue weighted by Gasteiger charge is -2.13. The Morgan fingerprint density at radius 3 is 2.48 bits per heavy atom. The van der Waals surface area contributed by atoms with Crippen LogP contribution in [0, 0.1) is 0 Å². The molecule has 2 rings (SSSR count). The lowest BCUT2D eigenvalue weighted by atomic mass is 10.1. The summed E-state index contributed by atoms with van der Waals surface area (Å²) in [5, 5.41) is 2.88. The third-order valence-electron chi connectivity index (χ3n) is 3.56. The van der Waals surface area contributed by atoms with Crippen molar-refractivity contribution in [2.24, 2.45) is 5.73 Å². The molecule has 0 heterocycles. The lowest BCUT2D eigenvalue weighted by molar-refractivity contribution is -0.121. The number of aryl methyl sites for hydroxylation is 1.